The summed E-state index contributed by atoms with van der Waals surface area (Å²) in [5.41, 5.74) is 0. The molecule has 196 valence electrons. The molecule has 1 heterocycles. The molecule has 0 spiro atoms. The summed E-state index contributed by atoms with van der Waals surface area (Å²) < 4.78 is 0. The Balaban J connectivity index is 2.11. The van der Waals surface area contributed by atoms with E-state index in [9.17, 15) is 0 Å². The molecular weight excluding hydrogens is 400 g/mol. The van der Waals surface area contributed by atoms with Gasteiger partial charge in [-0.3, -0.25) is 0 Å². The first kappa shape index (κ1) is 30.4. The van der Waals surface area contributed by atoms with E-state index in [1.54, 1.807) is 0 Å². The third-order valence-electron chi connectivity index (χ3n) is 7.57. The number of nitrogens with zero attached hydrogens (tertiary/aromatic N) is 2. The second kappa shape index (κ2) is 23.1. The Bertz CT molecular complexity index is 419. The zero-order valence-electron chi connectivity index (χ0n) is 23.3. The van der Waals surface area contributed by atoms with Gasteiger partial charge >= 0.3 is 0 Å². The monoisotopic (exact) mass is 462 g/mol. The van der Waals surface area contributed by atoms with Gasteiger partial charge in [-0.1, -0.05) is 143 Å². The summed E-state index contributed by atoms with van der Waals surface area (Å²) in [5, 5.41) is 0. The molecule has 1 aliphatic rings. The Morgan fingerprint density at radius 3 is 1.12 bits per heavy atom. The highest BCUT2D eigenvalue weighted by molar-refractivity contribution is 4.96. The van der Waals surface area contributed by atoms with Crippen LogP contribution >= 0.6 is 0 Å². The average molecular weight is 463 g/mol. The van der Waals surface area contributed by atoms with Crippen molar-refractivity contribution in [1.29, 1.82) is 0 Å². The Kier molecular flexibility index (Phi) is 21.3. The van der Waals surface area contributed by atoms with E-state index in [1.165, 1.54) is 161 Å². The van der Waals surface area contributed by atoms with E-state index in [0.29, 0.717) is 6.17 Å². The number of hydrogen-bond acceptors (Lipinski definition) is 2. The number of hydrogen-bond donors (Lipinski definition) is 0. The van der Waals surface area contributed by atoms with Crippen LogP contribution in [0.1, 0.15) is 168 Å². The zero-order valence-corrected chi connectivity index (χ0v) is 23.3. The molecule has 0 aromatic rings. The molecule has 0 radical (unpaired) electrons. The van der Waals surface area contributed by atoms with Crippen LogP contribution in [0.5, 0.6) is 0 Å². The molecular formula is C31H62N2. The lowest BCUT2D eigenvalue weighted by Gasteiger charge is -2.33. The molecule has 0 aliphatic carbocycles. The molecule has 1 unspecified atom stereocenters. The van der Waals surface area contributed by atoms with Gasteiger partial charge in [0.15, 0.2) is 0 Å². The van der Waals surface area contributed by atoms with Gasteiger partial charge in [-0.05, 0) is 25.7 Å². The predicted octanol–water partition coefficient (Wildman–Crippen LogP) is 10.4. The minimum atomic E-state index is 0.644. The van der Waals surface area contributed by atoms with Crippen LogP contribution in [0.25, 0.3) is 0 Å². The highest BCUT2D eigenvalue weighted by Crippen LogP contribution is 2.23. The lowest BCUT2D eigenvalue weighted by atomic mass is 10.0. The third-order valence-corrected chi connectivity index (χ3v) is 7.57. The second-order valence-corrected chi connectivity index (χ2v) is 10.8. The summed E-state index contributed by atoms with van der Waals surface area (Å²) in [6.07, 6.45) is 38.1. The highest BCUT2D eigenvalue weighted by atomic mass is 15.4. The van der Waals surface area contributed by atoms with Gasteiger partial charge in [0.05, 0.1) is 0 Å². The van der Waals surface area contributed by atoms with Gasteiger partial charge in [-0.25, -0.2) is 0 Å². The molecule has 2 heteroatoms. The normalized spacial score (nSPS) is 15.8. The lowest BCUT2D eigenvalue weighted by Crippen LogP contribution is -2.39. The summed E-state index contributed by atoms with van der Waals surface area (Å²) in [6.45, 7) is 9.44. The van der Waals surface area contributed by atoms with Crippen molar-refractivity contribution >= 4 is 0 Å². The van der Waals surface area contributed by atoms with Crippen LogP contribution in [0.2, 0.25) is 0 Å². The molecule has 0 N–H and O–H groups in total. The van der Waals surface area contributed by atoms with Crippen molar-refractivity contribution in [2.45, 2.75) is 175 Å². The van der Waals surface area contributed by atoms with Crippen molar-refractivity contribution in [1.82, 2.24) is 9.80 Å². The minimum absolute atomic E-state index is 0.644. The fraction of sp³-hybridized carbons (Fsp3) is 0.935. The van der Waals surface area contributed by atoms with Crippen molar-refractivity contribution in [3.05, 3.63) is 12.4 Å². The van der Waals surface area contributed by atoms with Crippen molar-refractivity contribution < 1.29 is 0 Å². The molecule has 0 aromatic carbocycles. The van der Waals surface area contributed by atoms with Gasteiger partial charge in [0.25, 0.3) is 0 Å². The van der Waals surface area contributed by atoms with E-state index in [1.807, 2.05) is 0 Å². The van der Waals surface area contributed by atoms with Crippen LogP contribution in [-0.4, -0.2) is 29.1 Å². The van der Waals surface area contributed by atoms with Gasteiger partial charge in [-0.2, -0.15) is 0 Å². The second-order valence-electron chi connectivity index (χ2n) is 10.8. The molecule has 0 aromatic heterocycles. The molecule has 1 aliphatic heterocycles. The summed E-state index contributed by atoms with van der Waals surface area (Å²) in [5.74, 6) is 0. The SMILES string of the molecule is CCCCCCCCCCCCCCCN1C=CN(CCCCC)C1CCCCCCCC. The molecule has 0 saturated carbocycles. The van der Waals surface area contributed by atoms with Gasteiger partial charge in [0, 0.05) is 25.5 Å². The number of unbranched alkanes of at least 4 members (excludes halogenated alkanes) is 19. The standard InChI is InChI=1S/C31H62N2/c1-4-7-10-12-14-15-16-17-18-19-20-22-25-28-33-30-29-32(27-24-9-6-3)31(33)26-23-21-13-11-8-5-2/h29-31H,4-28H2,1-3H3. The molecule has 33 heavy (non-hydrogen) atoms. The summed E-state index contributed by atoms with van der Waals surface area (Å²) in [7, 11) is 0. The van der Waals surface area contributed by atoms with Crippen LogP contribution in [0.4, 0.5) is 0 Å². The van der Waals surface area contributed by atoms with E-state index >= 15 is 0 Å². The van der Waals surface area contributed by atoms with E-state index in [-0.39, 0.29) is 0 Å². The van der Waals surface area contributed by atoms with E-state index in [0.717, 1.165) is 0 Å². The van der Waals surface area contributed by atoms with E-state index in [4.69, 9.17) is 0 Å². The molecule has 0 bridgehead atoms. The Labute approximate surface area is 210 Å². The molecule has 0 amide bonds. The van der Waals surface area contributed by atoms with E-state index < -0.39 is 0 Å². The summed E-state index contributed by atoms with van der Waals surface area (Å²) in [6, 6.07) is 0. The van der Waals surface area contributed by atoms with Crippen LogP contribution in [-0.2, 0) is 0 Å². The fourth-order valence-corrected chi connectivity index (χ4v) is 5.30. The molecule has 0 fully saturated rings. The Morgan fingerprint density at radius 1 is 0.394 bits per heavy atom. The van der Waals surface area contributed by atoms with Crippen molar-refractivity contribution in [3.8, 4) is 0 Å². The number of rotatable bonds is 25. The van der Waals surface area contributed by atoms with Gasteiger partial charge < -0.3 is 9.80 Å². The largest absolute Gasteiger partial charge is 0.356 e. The molecule has 0 saturated heterocycles. The summed E-state index contributed by atoms with van der Waals surface area (Å²) >= 11 is 0. The van der Waals surface area contributed by atoms with Gasteiger partial charge in [0.1, 0.15) is 6.17 Å². The molecule has 1 rings (SSSR count). The van der Waals surface area contributed by atoms with Crippen molar-refractivity contribution in [2.24, 2.45) is 0 Å². The first-order valence-electron chi connectivity index (χ1n) is 15.5. The lowest BCUT2D eigenvalue weighted by molar-refractivity contribution is 0.135. The summed E-state index contributed by atoms with van der Waals surface area (Å²) in [4.78, 5) is 5.33. The maximum Gasteiger partial charge on any atom is 0.101 e. The van der Waals surface area contributed by atoms with Crippen LogP contribution in [0.3, 0.4) is 0 Å². The zero-order chi connectivity index (χ0) is 23.8. The van der Waals surface area contributed by atoms with Crippen molar-refractivity contribution in [2.75, 3.05) is 13.1 Å². The average Bonchev–Trinajstić information content (AvgIpc) is 3.21. The maximum atomic E-state index is 2.68. The highest BCUT2D eigenvalue weighted by Gasteiger charge is 2.24. The van der Waals surface area contributed by atoms with Crippen LogP contribution in [0, 0.1) is 0 Å². The van der Waals surface area contributed by atoms with E-state index in [2.05, 4.69) is 43.0 Å². The maximum absolute atomic E-state index is 2.68. The minimum Gasteiger partial charge on any atom is -0.356 e. The first-order chi connectivity index (χ1) is 16.3. The van der Waals surface area contributed by atoms with Crippen LogP contribution < -0.4 is 0 Å². The predicted molar refractivity (Wildman–Crippen MR) is 150 cm³/mol. The Morgan fingerprint density at radius 2 is 0.697 bits per heavy atom. The molecule has 1 atom stereocenters. The fourth-order valence-electron chi connectivity index (χ4n) is 5.30. The van der Waals surface area contributed by atoms with Crippen molar-refractivity contribution in [3.63, 3.8) is 0 Å². The van der Waals surface area contributed by atoms with Gasteiger partial charge in [-0.15, -0.1) is 0 Å². The first-order valence-corrected chi connectivity index (χ1v) is 15.5. The third kappa shape index (κ3) is 16.6. The molecule has 2 nitrogen and oxygen atoms in total. The quantitative estimate of drug-likeness (QED) is 0.124. The Hall–Kier alpha value is -0.660. The topological polar surface area (TPSA) is 6.48 Å². The smallest absolute Gasteiger partial charge is 0.101 e. The van der Waals surface area contributed by atoms with Crippen LogP contribution in [0.15, 0.2) is 12.4 Å². The van der Waals surface area contributed by atoms with Gasteiger partial charge in [0.2, 0.25) is 0 Å².